The van der Waals surface area contributed by atoms with Gasteiger partial charge in [-0.15, -0.1) is 0 Å². The summed E-state index contributed by atoms with van der Waals surface area (Å²) in [5.74, 6) is -2.37. The Morgan fingerprint density at radius 1 is 0.633 bits per heavy atom. The van der Waals surface area contributed by atoms with E-state index in [2.05, 4.69) is 9.97 Å². The highest BCUT2D eigenvalue weighted by Crippen LogP contribution is 2.33. The summed E-state index contributed by atoms with van der Waals surface area (Å²) in [7, 11) is 0. The molecule has 0 aliphatic heterocycles. The number of carbonyl (C=O) groups is 2. The lowest BCUT2D eigenvalue weighted by molar-refractivity contribution is 0.0680. The van der Waals surface area contributed by atoms with Gasteiger partial charge < -0.3 is 10.2 Å². The fourth-order valence-electron chi connectivity index (χ4n) is 3.59. The summed E-state index contributed by atoms with van der Waals surface area (Å²) >= 11 is 0. The largest absolute Gasteiger partial charge is 0.477 e. The third kappa shape index (κ3) is 2.54. The topological polar surface area (TPSA) is 126 Å². The molecule has 146 valence electrons. The highest BCUT2D eigenvalue weighted by atomic mass is 16.4. The Bertz CT molecular complexity index is 1460. The second-order valence-electron chi connectivity index (χ2n) is 7.14. The van der Waals surface area contributed by atoms with Crippen LogP contribution in [0.15, 0.2) is 36.4 Å². The first-order valence-electron chi connectivity index (χ1n) is 9.12. The number of fused-ring (bicyclic) bond motifs is 7. The van der Waals surface area contributed by atoms with Crippen LogP contribution in [0.4, 0.5) is 0 Å². The summed E-state index contributed by atoms with van der Waals surface area (Å²) in [5, 5.41) is 19.9. The standard InChI is InChI=1S/C22H14N4O4/c1-9-7-15-16(8-10(9)2)26-20-12-4-6-14(22(29)30)24-18(12)17-11(19(20)25-15)3-5-13(23-17)21(27)28/h3-8H,1-2H3,(H,27,28)(H,29,30). The Morgan fingerprint density at radius 2 is 1.00 bits per heavy atom. The highest BCUT2D eigenvalue weighted by Gasteiger charge is 2.18. The van der Waals surface area contributed by atoms with E-state index in [4.69, 9.17) is 9.97 Å². The fraction of sp³-hybridized carbons (Fsp3) is 0.0909. The maximum absolute atomic E-state index is 11.5. The number of aryl methyl sites for hydroxylation is 2. The van der Waals surface area contributed by atoms with Crippen molar-refractivity contribution >= 4 is 55.8 Å². The van der Waals surface area contributed by atoms with Gasteiger partial charge in [0, 0.05) is 10.8 Å². The smallest absolute Gasteiger partial charge is 0.354 e. The number of aromatic carboxylic acids is 2. The number of carboxylic acid groups (broad SMARTS) is 2. The zero-order chi connectivity index (χ0) is 21.2. The molecule has 0 amide bonds. The first-order chi connectivity index (χ1) is 14.3. The molecule has 0 saturated carbocycles. The number of benzene rings is 2. The van der Waals surface area contributed by atoms with Gasteiger partial charge in [0.05, 0.1) is 33.1 Å². The maximum Gasteiger partial charge on any atom is 0.354 e. The van der Waals surface area contributed by atoms with Crippen LogP contribution in [0.2, 0.25) is 0 Å². The summed E-state index contributed by atoms with van der Waals surface area (Å²) in [5.41, 5.74) is 4.94. The number of aromatic nitrogens is 4. The lowest BCUT2D eigenvalue weighted by Crippen LogP contribution is -2.04. The van der Waals surface area contributed by atoms with E-state index in [1.165, 1.54) is 12.1 Å². The minimum absolute atomic E-state index is 0.161. The van der Waals surface area contributed by atoms with E-state index in [9.17, 15) is 19.8 Å². The number of pyridine rings is 2. The number of carboxylic acids is 2. The molecular weight excluding hydrogens is 384 g/mol. The predicted octanol–water partition coefficient (Wildman–Crippen LogP) is 3.89. The summed E-state index contributed by atoms with van der Waals surface area (Å²) < 4.78 is 0. The lowest BCUT2D eigenvalue weighted by Gasteiger charge is -2.11. The van der Waals surface area contributed by atoms with Crippen LogP contribution in [0.25, 0.3) is 43.9 Å². The molecule has 0 atom stereocenters. The van der Waals surface area contributed by atoms with Crippen LogP contribution in [0.3, 0.4) is 0 Å². The van der Waals surface area contributed by atoms with Crippen molar-refractivity contribution in [2.45, 2.75) is 13.8 Å². The van der Waals surface area contributed by atoms with Crippen molar-refractivity contribution < 1.29 is 19.8 Å². The van der Waals surface area contributed by atoms with Gasteiger partial charge in [0.2, 0.25) is 0 Å². The van der Waals surface area contributed by atoms with Gasteiger partial charge in [-0.05, 0) is 61.4 Å². The molecule has 2 aromatic carbocycles. The van der Waals surface area contributed by atoms with Crippen LogP contribution in [0.1, 0.15) is 32.1 Å². The minimum Gasteiger partial charge on any atom is -0.477 e. The molecule has 0 unspecified atom stereocenters. The van der Waals surface area contributed by atoms with E-state index in [0.29, 0.717) is 32.8 Å². The molecule has 3 heterocycles. The minimum atomic E-state index is -1.18. The maximum atomic E-state index is 11.5. The molecule has 3 aromatic heterocycles. The molecule has 0 radical (unpaired) electrons. The van der Waals surface area contributed by atoms with Crippen molar-refractivity contribution in [1.82, 2.24) is 19.9 Å². The van der Waals surface area contributed by atoms with Gasteiger partial charge >= 0.3 is 11.9 Å². The van der Waals surface area contributed by atoms with Gasteiger partial charge in [0.15, 0.2) is 0 Å². The molecule has 0 aliphatic rings. The van der Waals surface area contributed by atoms with Gasteiger partial charge in [-0.1, -0.05) is 0 Å². The Morgan fingerprint density at radius 3 is 1.37 bits per heavy atom. The molecule has 5 aromatic rings. The average Bonchev–Trinajstić information content (AvgIpc) is 2.73. The first kappa shape index (κ1) is 17.9. The summed E-state index contributed by atoms with van der Waals surface area (Å²) in [6.45, 7) is 3.99. The van der Waals surface area contributed by atoms with Gasteiger partial charge in [-0.2, -0.15) is 0 Å². The van der Waals surface area contributed by atoms with E-state index < -0.39 is 11.9 Å². The zero-order valence-electron chi connectivity index (χ0n) is 16.0. The van der Waals surface area contributed by atoms with Crippen molar-refractivity contribution in [3.05, 3.63) is 58.9 Å². The number of hydrogen-bond donors (Lipinski definition) is 2. The second-order valence-corrected chi connectivity index (χ2v) is 7.14. The summed E-state index contributed by atoms with van der Waals surface area (Å²) in [4.78, 5) is 41.0. The third-order valence-corrected chi connectivity index (χ3v) is 5.24. The Hall–Kier alpha value is -4.20. The molecule has 5 rings (SSSR count). The first-order valence-corrected chi connectivity index (χ1v) is 9.12. The van der Waals surface area contributed by atoms with E-state index in [1.807, 2.05) is 26.0 Å². The molecular formula is C22H14N4O4. The van der Waals surface area contributed by atoms with E-state index in [0.717, 1.165) is 11.1 Å². The fourth-order valence-corrected chi connectivity index (χ4v) is 3.59. The zero-order valence-corrected chi connectivity index (χ0v) is 16.0. The van der Waals surface area contributed by atoms with Crippen molar-refractivity contribution in [3.8, 4) is 0 Å². The second kappa shape index (κ2) is 6.15. The van der Waals surface area contributed by atoms with Gasteiger partial charge in [0.1, 0.15) is 11.4 Å². The molecule has 8 nitrogen and oxygen atoms in total. The van der Waals surface area contributed by atoms with Gasteiger partial charge in [0.25, 0.3) is 0 Å². The monoisotopic (exact) mass is 398 g/mol. The highest BCUT2D eigenvalue weighted by molar-refractivity contribution is 6.22. The van der Waals surface area contributed by atoms with Crippen molar-refractivity contribution in [1.29, 1.82) is 0 Å². The van der Waals surface area contributed by atoms with E-state index >= 15 is 0 Å². The molecule has 0 saturated heterocycles. The molecule has 0 fully saturated rings. The number of rotatable bonds is 2. The van der Waals surface area contributed by atoms with Gasteiger partial charge in [-0.3, -0.25) is 0 Å². The average molecular weight is 398 g/mol. The third-order valence-electron chi connectivity index (χ3n) is 5.24. The molecule has 8 heteroatoms. The van der Waals surface area contributed by atoms with Crippen LogP contribution in [-0.4, -0.2) is 42.1 Å². The molecule has 30 heavy (non-hydrogen) atoms. The van der Waals surface area contributed by atoms with Crippen LogP contribution in [-0.2, 0) is 0 Å². The molecule has 0 aliphatic carbocycles. The number of nitrogens with zero attached hydrogens (tertiary/aromatic N) is 4. The van der Waals surface area contributed by atoms with Crippen molar-refractivity contribution in [2.75, 3.05) is 0 Å². The Balaban J connectivity index is 2.04. The van der Waals surface area contributed by atoms with Crippen molar-refractivity contribution in [3.63, 3.8) is 0 Å². The normalized spacial score (nSPS) is 11.5. The lowest BCUT2D eigenvalue weighted by atomic mass is 10.0. The SMILES string of the molecule is Cc1cc2nc3c4ccc(C(=O)O)nc4c4nc(C(=O)O)ccc4c3nc2cc1C. The van der Waals surface area contributed by atoms with Crippen molar-refractivity contribution in [2.24, 2.45) is 0 Å². The van der Waals surface area contributed by atoms with E-state index in [1.54, 1.807) is 12.1 Å². The molecule has 0 bridgehead atoms. The van der Waals surface area contributed by atoms with Gasteiger partial charge in [-0.25, -0.2) is 29.5 Å². The van der Waals surface area contributed by atoms with Crippen LogP contribution < -0.4 is 0 Å². The molecule has 0 spiro atoms. The molecule has 2 N–H and O–H groups in total. The summed E-state index contributed by atoms with van der Waals surface area (Å²) in [6.07, 6.45) is 0. The number of hydrogen-bond acceptors (Lipinski definition) is 6. The predicted molar refractivity (Wildman–Crippen MR) is 111 cm³/mol. The van der Waals surface area contributed by atoms with Crippen LogP contribution in [0.5, 0.6) is 0 Å². The van der Waals surface area contributed by atoms with E-state index in [-0.39, 0.29) is 22.4 Å². The quantitative estimate of drug-likeness (QED) is 0.339. The van der Waals surface area contributed by atoms with Crippen LogP contribution >= 0.6 is 0 Å². The Labute approximate surface area is 168 Å². The van der Waals surface area contributed by atoms with Crippen LogP contribution in [0, 0.1) is 13.8 Å². The Kier molecular flexibility index (Phi) is 3.66. The summed E-state index contributed by atoms with van der Waals surface area (Å²) in [6, 6.07) is 9.93.